The summed E-state index contributed by atoms with van der Waals surface area (Å²) in [5.74, 6) is 1.04. The molecular formula is C10H21NO2. The van der Waals surface area contributed by atoms with Gasteiger partial charge in [0.2, 0.25) is 6.41 Å². The maximum atomic E-state index is 9.37. The first-order valence-electron chi connectivity index (χ1n) is 4.97. The number of carbonyl (C=O) groups is 1. The molecule has 0 atom stereocenters. The molecule has 0 heterocycles. The van der Waals surface area contributed by atoms with Crippen LogP contribution in [0.15, 0.2) is 0 Å². The Morgan fingerprint density at radius 2 is 2.00 bits per heavy atom. The molecule has 0 aromatic rings. The number of amides is 1. The molecule has 78 valence electrons. The molecule has 1 saturated carbocycles. The van der Waals surface area contributed by atoms with Crippen molar-refractivity contribution < 1.29 is 9.53 Å². The van der Waals surface area contributed by atoms with Crippen LogP contribution in [0.1, 0.15) is 39.0 Å². The fourth-order valence-corrected chi connectivity index (χ4v) is 1.42. The van der Waals surface area contributed by atoms with Crippen LogP contribution in [0, 0.1) is 5.92 Å². The van der Waals surface area contributed by atoms with Crippen LogP contribution >= 0.6 is 0 Å². The number of methoxy groups -OCH3 is 1. The molecule has 3 heteroatoms. The molecule has 0 bridgehead atoms. The number of hydrogen-bond acceptors (Lipinski definition) is 2. The first kappa shape index (κ1) is 12.4. The van der Waals surface area contributed by atoms with Crippen LogP contribution in [0.2, 0.25) is 0 Å². The van der Waals surface area contributed by atoms with E-state index in [-0.39, 0.29) is 0 Å². The molecule has 1 rings (SSSR count). The predicted molar refractivity (Wildman–Crippen MR) is 53.3 cm³/mol. The lowest BCUT2D eigenvalue weighted by Crippen LogP contribution is -2.12. The Morgan fingerprint density at radius 3 is 2.23 bits per heavy atom. The SMILES string of the molecule is CC1CCCCC1.COCNC=O. The summed E-state index contributed by atoms with van der Waals surface area (Å²) >= 11 is 0. The molecule has 0 radical (unpaired) electrons. The van der Waals surface area contributed by atoms with Gasteiger partial charge in [0.05, 0.1) is 0 Å². The van der Waals surface area contributed by atoms with Crippen LogP contribution in [0.25, 0.3) is 0 Å². The minimum atomic E-state index is 0.295. The van der Waals surface area contributed by atoms with E-state index in [1.807, 2.05) is 0 Å². The van der Waals surface area contributed by atoms with Crippen molar-refractivity contribution in [2.24, 2.45) is 5.92 Å². The van der Waals surface area contributed by atoms with E-state index in [4.69, 9.17) is 0 Å². The van der Waals surface area contributed by atoms with E-state index in [0.29, 0.717) is 13.1 Å². The predicted octanol–water partition coefficient (Wildman–Crippen LogP) is 1.92. The van der Waals surface area contributed by atoms with Gasteiger partial charge in [-0.05, 0) is 5.92 Å². The van der Waals surface area contributed by atoms with Crippen LogP contribution in [0.4, 0.5) is 0 Å². The minimum absolute atomic E-state index is 0.295. The van der Waals surface area contributed by atoms with E-state index in [1.165, 1.54) is 39.2 Å². The summed E-state index contributed by atoms with van der Waals surface area (Å²) in [5, 5.41) is 2.30. The molecule has 1 aliphatic carbocycles. The van der Waals surface area contributed by atoms with E-state index >= 15 is 0 Å². The molecule has 0 saturated heterocycles. The summed E-state index contributed by atoms with van der Waals surface area (Å²) in [4.78, 5) is 9.37. The van der Waals surface area contributed by atoms with E-state index in [2.05, 4.69) is 17.0 Å². The van der Waals surface area contributed by atoms with Crippen molar-refractivity contribution in [2.45, 2.75) is 39.0 Å². The van der Waals surface area contributed by atoms with Crippen LogP contribution < -0.4 is 5.32 Å². The lowest BCUT2D eigenvalue weighted by Gasteiger charge is -2.15. The van der Waals surface area contributed by atoms with Crippen LogP contribution in [-0.2, 0) is 9.53 Å². The monoisotopic (exact) mass is 187 g/mol. The van der Waals surface area contributed by atoms with Gasteiger partial charge in [-0.25, -0.2) is 0 Å². The molecule has 0 aromatic carbocycles. The van der Waals surface area contributed by atoms with Gasteiger partial charge < -0.3 is 10.1 Å². The molecule has 0 aromatic heterocycles. The Balaban J connectivity index is 0.000000226. The van der Waals surface area contributed by atoms with Gasteiger partial charge in [0.15, 0.2) is 0 Å². The summed E-state index contributed by atoms with van der Waals surface area (Å²) in [6.45, 7) is 2.66. The Morgan fingerprint density at radius 1 is 1.38 bits per heavy atom. The Kier molecular flexibility index (Phi) is 9.10. The van der Waals surface area contributed by atoms with Crippen molar-refractivity contribution in [3.05, 3.63) is 0 Å². The fourth-order valence-electron chi connectivity index (χ4n) is 1.42. The third-order valence-corrected chi connectivity index (χ3v) is 2.20. The van der Waals surface area contributed by atoms with Crippen LogP contribution in [0.5, 0.6) is 0 Å². The maximum Gasteiger partial charge on any atom is 0.208 e. The number of rotatable bonds is 3. The highest BCUT2D eigenvalue weighted by molar-refractivity contribution is 5.45. The van der Waals surface area contributed by atoms with E-state index in [1.54, 1.807) is 0 Å². The van der Waals surface area contributed by atoms with Crippen molar-refractivity contribution in [2.75, 3.05) is 13.8 Å². The molecule has 0 aliphatic heterocycles. The van der Waals surface area contributed by atoms with Gasteiger partial charge >= 0.3 is 0 Å². The maximum absolute atomic E-state index is 9.37. The minimum Gasteiger partial charge on any atom is -0.365 e. The largest absolute Gasteiger partial charge is 0.365 e. The van der Waals surface area contributed by atoms with Crippen LogP contribution in [0.3, 0.4) is 0 Å². The molecule has 0 unspecified atom stereocenters. The van der Waals surface area contributed by atoms with Crippen molar-refractivity contribution in [1.29, 1.82) is 0 Å². The van der Waals surface area contributed by atoms with E-state index < -0.39 is 0 Å². The smallest absolute Gasteiger partial charge is 0.208 e. The Hall–Kier alpha value is -0.570. The molecular weight excluding hydrogens is 166 g/mol. The fraction of sp³-hybridized carbons (Fsp3) is 0.900. The lowest BCUT2D eigenvalue weighted by molar-refractivity contribution is -0.110. The average molecular weight is 187 g/mol. The van der Waals surface area contributed by atoms with E-state index in [9.17, 15) is 4.79 Å². The summed E-state index contributed by atoms with van der Waals surface area (Å²) in [7, 11) is 1.51. The van der Waals surface area contributed by atoms with Crippen LogP contribution in [-0.4, -0.2) is 20.3 Å². The van der Waals surface area contributed by atoms with Gasteiger partial charge in [-0.2, -0.15) is 0 Å². The lowest BCUT2D eigenvalue weighted by atomic mass is 9.91. The standard InChI is InChI=1S/C7H14.C3H7NO2/c1-7-5-3-2-4-6-7;1-6-3-4-2-5/h7H,2-6H2,1H3;2H,3H2,1H3,(H,4,5). The van der Waals surface area contributed by atoms with Crippen molar-refractivity contribution in [1.82, 2.24) is 5.32 Å². The molecule has 3 nitrogen and oxygen atoms in total. The van der Waals surface area contributed by atoms with Gasteiger partial charge in [0.1, 0.15) is 6.73 Å². The normalized spacial score (nSPS) is 17.1. The topological polar surface area (TPSA) is 38.3 Å². The second-order valence-electron chi connectivity index (χ2n) is 3.50. The highest BCUT2D eigenvalue weighted by Gasteiger charge is 2.05. The molecule has 1 amide bonds. The zero-order valence-corrected chi connectivity index (χ0v) is 8.71. The Labute approximate surface area is 80.8 Å². The third kappa shape index (κ3) is 9.34. The quantitative estimate of drug-likeness (QED) is 0.416. The second-order valence-corrected chi connectivity index (χ2v) is 3.50. The van der Waals surface area contributed by atoms with Gasteiger partial charge in [-0.15, -0.1) is 0 Å². The second kappa shape index (κ2) is 9.52. The molecule has 1 N–H and O–H groups in total. The van der Waals surface area contributed by atoms with Gasteiger partial charge in [0, 0.05) is 7.11 Å². The summed E-state index contributed by atoms with van der Waals surface area (Å²) in [6.07, 6.45) is 8.02. The van der Waals surface area contributed by atoms with Crippen molar-refractivity contribution >= 4 is 6.41 Å². The third-order valence-electron chi connectivity index (χ3n) is 2.20. The highest BCUT2D eigenvalue weighted by Crippen LogP contribution is 2.21. The summed E-state index contributed by atoms with van der Waals surface area (Å²) in [6, 6.07) is 0. The van der Waals surface area contributed by atoms with Crippen molar-refractivity contribution in [3.8, 4) is 0 Å². The van der Waals surface area contributed by atoms with Gasteiger partial charge in [-0.1, -0.05) is 39.0 Å². The molecule has 1 fully saturated rings. The zero-order valence-electron chi connectivity index (χ0n) is 8.71. The number of ether oxygens (including phenoxy) is 1. The molecule has 0 spiro atoms. The summed E-state index contributed by atoms with van der Waals surface area (Å²) in [5.41, 5.74) is 0. The Bertz CT molecular complexity index is 111. The number of hydrogen-bond donors (Lipinski definition) is 1. The first-order valence-corrected chi connectivity index (χ1v) is 4.97. The van der Waals surface area contributed by atoms with Gasteiger partial charge in [0.25, 0.3) is 0 Å². The van der Waals surface area contributed by atoms with Gasteiger partial charge in [-0.3, -0.25) is 4.79 Å². The number of carbonyl (C=O) groups excluding carboxylic acids is 1. The molecule has 13 heavy (non-hydrogen) atoms. The van der Waals surface area contributed by atoms with E-state index in [0.717, 1.165) is 5.92 Å². The first-order chi connectivity index (χ1) is 6.31. The van der Waals surface area contributed by atoms with Crippen molar-refractivity contribution in [3.63, 3.8) is 0 Å². The highest BCUT2D eigenvalue weighted by atomic mass is 16.5. The summed E-state index contributed by atoms with van der Waals surface area (Å²) < 4.78 is 4.44. The average Bonchev–Trinajstić information content (AvgIpc) is 2.17. The number of nitrogens with one attached hydrogen (secondary N) is 1. The zero-order chi connectivity index (χ0) is 9.94. The molecule has 1 aliphatic rings.